The molecule has 1 aliphatic heterocycles. The molecule has 0 unspecified atom stereocenters. The summed E-state index contributed by atoms with van der Waals surface area (Å²) in [4.78, 5) is 24.5. The fraction of sp³-hybridized carbons (Fsp3) is 0.500. The van der Waals surface area contributed by atoms with Crippen LogP contribution >= 0.6 is 11.6 Å². The van der Waals surface area contributed by atoms with Gasteiger partial charge < -0.3 is 10.2 Å². The summed E-state index contributed by atoms with van der Waals surface area (Å²) in [6.07, 6.45) is 0. The molecule has 1 aromatic carbocycles. The van der Waals surface area contributed by atoms with Crippen molar-refractivity contribution < 1.29 is 22.9 Å². The van der Waals surface area contributed by atoms with Gasteiger partial charge in [-0.25, -0.2) is 13.2 Å². The van der Waals surface area contributed by atoms with Gasteiger partial charge in [0.15, 0.2) is 6.54 Å². The largest absolute Gasteiger partial charge is 0.336 e. The van der Waals surface area contributed by atoms with Gasteiger partial charge in [0, 0.05) is 11.1 Å². The molecular formula is C16H24ClN4O4S+. The Kier molecular flexibility index (Phi) is 6.99. The first-order chi connectivity index (χ1) is 12.2. The Hall–Kier alpha value is -1.68. The van der Waals surface area contributed by atoms with Gasteiger partial charge in [-0.1, -0.05) is 17.7 Å². The molecule has 26 heavy (non-hydrogen) atoms. The number of rotatable bonds is 5. The number of amides is 3. The third kappa shape index (κ3) is 5.66. The number of imide groups is 1. The minimum atomic E-state index is -3.60. The van der Waals surface area contributed by atoms with Gasteiger partial charge in [0.05, 0.1) is 31.1 Å². The number of nitrogens with zero attached hydrogens (tertiary/aromatic N) is 1. The molecule has 0 bridgehead atoms. The maximum atomic E-state index is 12.6. The zero-order valence-electron chi connectivity index (χ0n) is 14.8. The van der Waals surface area contributed by atoms with Crippen LogP contribution in [0, 0.1) is 0 Å². The first kappa shape index (κ1) is 20.6. The molecule has 1 saturated heterocycles. The molecular weight excluding hydrogens is 380 g/mol. The Morgan fingerprint density at radius 2 is 1.92 bits per heavy atom. The van der Waals surface area contributed by atoms with Crippen molar-refractivity contribution in [1.29, 1.82) is 0 Å². The summed E-state index contributed by atoms with van der Waals surface area (Å²) in [6, 6.07) is 5.58. The van der Waals surface area contributed by atoms with Crippen molar-refractivity contribution in [3.05, 3.63) is 29.3 Å². The molecule has 8 nitrogen and oxygen atoms in total. The van der Waals surface area contributed by atoms with Gasteiger partial charge >= 0.3 is 6.03 Å². The van der Waals surface area contributed by atoms with Crippen LogP contribution in [0.2, 0.25) is 5.02 Å². The lowest BCUT2D eigenvalue weighted by Crippen LogP contribution is -3.15. The van der Waals surface area contributed by atoms with Gasteiger partial charge in [-0.3, -0.25) is 10.1 Å². The van der Waals surface area contributed by atoms with Crippen LogP contribution in [0.1, 0.15) is 13.8 Å². The fourth-order valence-electron chi connectivity index (χ4n) is 2.69. The van der Waals surface area contributed by atoms with E-state index in [4.69, 9.17) is 11.6 Å². The number of benzene rings is 1. The standard InChI is InChI=1S/C16H23ClN4O4S/c1-12(2)18-16(23)19-15(22)11-20-6-8-21(9-7-20)26(24,25)14-5-3-4-13(17)10-14/h3-5,10,12H,6-9,11H2,1-2H3,(H2,18,19,22,23)/p+1. The van der Waals surface area contributed by atoms with Crippen LogP contribution in [0.25, 0.3) is 0 Å². The second-order valence-corrected chi connectivity index (χ2v) is 8.84. The van der Waals surface area contributed by atoms with E-state index in [1.54, 1.807) is 26.0 Å². The number of carbonyl (C=O) groups is 2. The summed E-state index contributed by atoms with van der Waals surface area (Å²) < 4.78 is 26.7. The molecule has 3 N–H and O–H groups in total. The minimum absolute atomic E-state index is 0.0598. The Morgan fingerprint density at radius 3 is 2.50 bits per heavy atom. The van der Waals surface area contributed by atoms with E-state index in [1.165, 1.54) is 16.4 Å². The van der Waals surface area contributed by atoms with Gasteiger partial charge in [0.2, 0.25) is 10.0 Å². The summed E-state index contributed by atoms with van der Waals surface area (Å²) >= 11 is 5.88. The molecule has 0 saturated carbocycles. The van der Waals surface area contributed by atoms with Crippen molar-refractivity contribution in [2.75, 3.05) is 32.7 Å². The summed E-state index contributed by atoms with van der Waals surface area (Å²) in [7, 11) is -3.60. The number of hydrogen-bond acceptors (Lipinski definition) is 4. The van der Waals surface area contributed by atoms with E-state index in [-0.39, 0.29) is 23.4 Å². The van der Waals surface area contributed by atoms with Crippen LogP contribution in [0.15, 0.2) is 29.2 Å². The van der Waals surface area contributed by atoms with E-state index >= 15 is 0 Å². The lowest BCUT2D eigenvalue weighted by Gasteiger charge is -2.31. The van der Waals surface area contributed by atoms with Gasteiger partial charge in [-0.2, -0.15) is 4.31 Å². The van der Waals surface area contributed by atoms with Crippen LogP contribution in [-0.4, -0.2) is 63.4 Å². The maximum absolute atomic E-state index is 12.6. The molecule has 0 atom stereocenters. The molecule has 2 rings (SSSR count). The van der Waals surface area contributed by atoms with Crippen LogP contribution in [0.5, 0.6) is 0 Å². The topological polar surface area (TPSA) is 100 Å². The van der Waals surface area contributed by atoms with Crippen molar-refractivity contribution in [3.63, 3.8) is 0 Å². The summed E-state index contributed by atoms with van der Waals surface area (Å²) in [5, 5.41) is 5.23. The zero-order valence-corrected chi connectivity index (χ0v) is 16.4. The average molecular weight is 404 g/mol. The smallest absolute Gasteiger partial charge is 0.321 e. The van der Waals surface area contributed by atoms with Gasteiger partial charge in [-0.05, 0) is 32.0 Å². The number of halogens is 1. The molecule has 0 radical (unpaired) electrons. The second-order valence-electron chi connectivity index (χ2n) is 6.46. The van der Waals surface area contributed by atoms with Crippen LogP contribution in [0.3, 0.4) is 0 Å². The van der Waals surface area contributed by atoms with Crippen molar-refractivity contribution in [2.45, 2.75) is 24.8 Å². The molecule has 0 aromatic heterocycles. The van der Waals surface area contributed by atoms with E-state index in [1.807, 2.05) is 0 Å². The molecule has 10 heteroatoms. The summed E-state index contributed by atoms with van der Waals surface area (Å²) in [5.41, 5.74) is 0. The number of hydrogen-bond donors (Lipinski definition) is 3. The van der Waals surface area contributed by atoms with E-state index in [0.29, 0.717) is 31.2 Å². The molecule has 1 aliphatic rings. The highest BCUT2D eigenvalue weighted by molar-refractivity contribution is 7.89. The first-order valence-electron chi connectivity index (χ1n) is 8.38. The Labute approximate surface area is 158 Å². The lowest BCUT2D eigenvalue weighted by molar-refractivity contribution is -0.895. The van der Waals surface area contributed by atoms with Crippen molar-refractivity contribution >= 4 is 33.6 Å². The molecule has 1 fully saturated rings. The molecule has 0 aliphatic carbocycles. The highest BCUT2D eigenvalue weighted by Crippen LogP contribution is 2.19. The predicted octanol–water partition coefficient (Wildman–Crippen LogP) is -0.537. The normalized spacial score (nSPS) is 16.5. The molecule has 1 heterocycles. The van der Waals surface area contributed by atoms with Crippen LogP contribution in [-0.2, 0) is 14.8 Å². The van der Waals surface area contributed by atoms with Gasteiger partial charge in [-0.15, -0.1) is 0 Å². The molecule has 144 valence electrons. The third-order valence-corrected chi connectivity index (χ3v) is 6.08. The highest BCUT2D eigenvalue weighted by Gasteiger charge is 2.31. The summed E-state index contributed by atoms with van der Waals surface area (Å²) in [6.45, 7) is 5.30. The number of carbonyl (C=O) groups excluding carboxylic acids is 2. The lowest BCUT2D eigenvalue weighted by atomic mass is 10.3. The fourth-order valence-corrected chi connectivity index (χ4v) is 4.44. The predicted molar refractivity (Wildman–Crippen MR) is 97.6 cm³/mol. The highest BCUT2D eigenvalue weighted by atomic mass is 35.5. The Balaban J connectivity index is 1.87. The average Bonchev–Trinajstić information content (AvgIpc) is 2.54. The van der Waals surface area contributed by atoms with Crippen molar-refractivity contribution in [2.24, 2.45) is 0 Å². The van der Waals surface area contributed by atoms with Crippen molar-refractivity contribution in [3.8, 4) is 0 Å². The number of piperazine rings is 1. The number of quaternary nitrogens is 1. The molecule has 0 spiro atoms. The van der Waals surface area contributed by atoms with E-state index in [2.05, 4.69) is 10.6 Å². The quantitative estimate of drug-likeness (QED) is 0.615. The van der Waals surface area contributed by atoms with E-state index in [0.717, 1.165) is 4.90 Å². The monoisotopic (exact) mass is 403 g/mol. The second kappa shape index (κ2) is 8.81. The Morgan fingerprint density at radius 1 is 1.27 bits per heavy atom. The van der Waals surface area contributed by atoms with Gasteiger partial charge in [0.1, 0.15) is 0 Å². The van der Waals surface area contributed by atoms with Crippen LogP contribution < -0.4 is 15.5 Å². The zero-order chi connectivity index (χ0) is 19.3. The first-order valence-corrected chi connectivity index (χ1v) is 10.2. The minimum Gasteiger partial charge on any atom is -0.336 e. The van der Waals surface area contributed by atoms with Crippen molar-refractivity contribution in [1.82, 2.24) is 14.9 Å². The number of urea groups is 1. The van der Waals surface area contributed by atoms with Gasteiger partial charge in [0.25, 0.3) is 5.91 Å². The maximum Gasteiger partial charge on any atom is 0.321 e. The summed E-state index contributed by atoms with van der Waals surface area (Å²) in [5.74, 6) is -0.385. The number of sulfonamides is 1. The van der Waals surface area contributed by atoms with E-state index < -0.39 is 16.1 Å². The van der Waals surface area contributed by atoms with Crippen LogP contribution in [0.4, 0.5) is 4.79 Å². The third-order valence-electron chi connectivity index (χ3n) is 3.95. The number of nitrogens with one attached hydrogen (secondary N) is 3. The van der Waals surface area contributed by atoms with E-state index in [9.17, 15) is 18.0 Å². The molecule has 1 aromatic rings. The molecule has 3 amide bonds. The SMILES string of the molecule is CC(C)NC(=O)NC(=O)C[NH+]1CCN(S(=O)(=O)c2cccc(Cl)c2)CC1. The Bertz CT molecular complexity index is 761.